The molecule has 9 rings (SSSR count). The molecule has 3 aromatic heterocycles. The summed E-state index contributed by atoms with van der Waals surface area (Å²) in [5.74, 6) is 0.925. The normalized spacial score (nSPS) is 17.8. The molecule has 5 atom stereocenters. The average molecular weight is 1200 g/mol. The van der Waals surface area contributed by atoms with Gasteiger partial charge in [-0.1, -0.05) is 78.8 Å². The molecule has 2 amide bonds. The molecule has 0 saturated carbocycles. The average Bonchev–Trinajstić information content (AvgIpc) is 2.01. The lowest BCUT2D eigenvalue weighted by molar-refractivity contribution is -0.123. The summed E-state index contributed by atoms with van der Waals surface area (Å²) in [5, 5.41) is 35.2. The molecule has 19 heteroatoms. The number of amides is 2. The van der Waals surface area contributed by atoms with Crippen molar-refractivity contribution >= 4 is 57.4 Å². The highest BCUT2D eigenvalue weighted by atomic mass is 32.1. The second-order valence-corrected chi connectivity index (χ2v) is 25.6. The molecule has 3 fully saturated rings. The number of aryl methyl sites for hydroxylation is 2. The number of carbonyl (C=O) groups excluding carboxylic acids is 3. The zero-order chi connectivity index (χ0) is 62.8. The number of aromatic hydroxyl groups is 1. The van der Waals surface area contributed by atoms with Gasteiger partial charge in [0.25, 0.3) is 0 Å². The first-order chi connectivity index (χ1) is 40.4. The van der Waals surface area contributed by atoms with E-state index in [0.29, 0.717) is 70.4 Å². The number of pyridine rings is 1. The minimum Gasteiger partial charge on any atom is -0.508 e. The Bertz CT molecular complexity index is 3090. The molecule has 466 valence electrons. The number of fused-ring (bicyclic) bond motifs is 2. The van der Waals surface area contributed by atoms with Crippen LogP contribution in [0.15, 0.2) is 60.2 Å². The molecule has 5 N–H and O–H groups in total. The Morgan fingerprint density at radius 3 is 2.22 bits per heavy atom. The second-order valence-electron chi connectivity index (χ2n) is 24.7. The van der Waals surface area contributed by atoms with E-state index in [0.717, 1.165) is 96.7 Å². The molecule has 0 bridgehead atoms. The van der Waals surface area contributed by atoms with Crippen LogP contribution in [-0.4, -0.2) is 141 Å². The molecule has 0 radical (unpaired) electrons. The number of hydrogen-bond donors (Lipinski definition) is 5. The van der Waals surface area contributed by atoms with Crippen molar-refractivity contribution in [2.24, 2.45) is 23.2 Å². The van der Waals surface area contributed by atoms with Gasteiger partial charge >= 0.3 is 6.01 Å². The van der Waals surface area contributed by atoms with Crippen LogP contribution >= 0.6 is 11.3 Å². The molecule has 0 aliphatic carbocycles. The number of hydrogen-bond acceptors (Lipinski definition) is 15. The van der Waals surface area contributed by atoms with Gasteiger partial charge in [0.1, 0.15) is 34.9 Å². The summed E-state index contributed by atoms with van der Waals surface area (Å²) >= 11 is 1.70. The quantitative estimate of drug-likeness (QED) is 0.0539. The summed E-state index contributed by atoms with van der Waals surface area (Å²) in [6.45, 7) is 29.4. The lowest BCUT2D eigenvalue weighted by Crippen LogP contribution is -2.45. The van der Waals surface area contributed by atoms with Crippen LogP contribution in [0.3, 0.4) is 0 Å². The maximum Gasteiger partial charge on any atom is 0.319 e. The van der Waals surface area contributed by atoms with Crippen LogP contribution in [0.25, 0.3) is 43.4 Å². The summed E-state index contributed by atoms with van der Waals surface area (Å²) in [7, 11) is 2.98. The molecule has 3 aromatic carbocycles. The van der Waals surface area contributed by atoms with Gasteiger partial charge in [0.2, 0.25) is 12.3 Å². The number of halogens is 2. The zero-order valence-electron chi connectivity index (χ0n) is 52.8. The highest BCUT2D eigenvalue weighted by molar-refractivity contribution is 7.13. The van der Waals surface area contributed by atoms with Gasteiger partial charge in [-0.3, -0.25) is 19.5 Å². The van der Waals surface area contributed by atoms with Crippen LogP contribution in [0.4, 0.5) is 14.6 Å². The van der Waals surface area contributed by atoms with Crippen LogP contribution in [0, 0.1) is 41.7 Å². The molecule has 3 saturated heterocycles. The first-order valence-electron chi connectivity index (χ1n) is 30.1. The van der Waals surface area contributed by atoms with Gasteiger partial charge in [-0.05, 0) is 156 Å². The first kappa shape index (κ1) is 69.5. The zero-order valence-corrected chi connectivity index (χ0v) is 53.6. The molecule has 6 aromatic rings. The minimum atomic E-state index is -0.670. The van der Waals surface area contributed by atoms with Crippen LogP contribution in [0.2, 0.25) is 0 Å². The number of ether oxygens (including phenoxy) is 1. The Labute approximate surface area is 507 Å². The van der Waals surface area contributed by atoms with Crippen molar-refractivity contribution in [2.75, 3.05) is 65.0 Å². The number of carbonyl (C=O) groups is 3. The standard InChI is InChI=1S/C34H41F2N5O3.C13H16N2S.C12H25NO.C6H9NO2.CH4O/c1-5-24-27(35)9-8-22-13-23(43)14-25(28(22)24)30-29(36)31-26(15-37-30)32(40-11-6-7-20(2)16-40)39-33(38-31)44-18-21-10-12-41(17-21)34(3,4)19-42;1-9(14-3)11-4-6-12(7-5-11)13-10(2)15-8-16-13;1-9(2)7-8-11(14)13-10(3)12(4,5)6;8-4-6-2-1-3-7(6)5-9;1-2/h8-9,13-15,20-21,42-43H,5-7,10-12,16-19H2,1-4H3;4-9,14H,1-3H3;9-10H,7-8H2,1-6H3,(H,13,14);4-6H,1-3H2;2H,1H3/t20-,21?;9-;10-;;/m001../s1. The van der Waals surface area contributed by atoms with Crippen molar-refractivity contribution < 1.29 is 43.2 Å². The van der Waals surface area contributed by atoms with Gasteiger partial charge in [0.05, 0.1) is 40.7 Å². The first-order valence-corrected chi connectivity index (χ1v) is 30.9. The summed E-state index contributed by atoms with van der Waals surface area (Å²) in [6, 6.07) is 15.2. The van der Waals surface area contributed by atoms with E-state index in [4.69, 9.17) is 14.8 Å². The number of phenols is 1. The van der Waals surface area contributed by atoms with Crippen LogP contribution in [0.5, 0.6) is 11.8 Å². The van der Waals surface area contributed by atoms with Crippen LogP contribution < -0.4 is 20.3 Å². The van der Waals surface area contributed by atoms with E-state index in [-0.39, 0.29) is 70.3 Å². The number of phenolic OH excluding ortho intramolecular Hbond substituents is 1. The van der Waals surface area contributed by atoms with E-state index in [9.17, 15) is 29.0 Å². The number of aliphatic hydroxyl groups is 2. The second kappa shape index (κ2) is 32.5. The van der Waals surface area contributed by atoms with Crippen LogP contribution in [-0.2, 0) is 20.8 Å². The SMILES string of the molecule is CC(C)CCC(=O)N[C@H](C)C(C)(C)C.CCc1c(F)ccc2cc(O)cc(-c3ncc4c(N5CCC[C@H](C)C5)nc(OCC5CCN(C(C)(C)CO)C5)nc4c3F)c12.CN[C@@H](C)c1ccc(-c2scnc2C)cc1.CO.O=CC1CCCN1C=O. The molecular formula is C66H95F2N9O7S. The fraction of sp³-hybridized carbons (Fsp3) is 0.561. The lowest BCUT2D eigenvalue weighted by atomic mass is 9.88. The third-order valence-corrected chi connectivity index (χ3v) is 17.4. The summed E-state index contributed by atoms with van der Waals surface area (Å²) in [5.41, 5.74) is 6.22. The minimum absolute atomic E-state index is 0.0148. The fourth-order valence-corrected chi connectivity index (χ4v) is 11.3. The number of nitrogens with zero attached hydrogens (tertiary/aromatic N) is 7. The topological polar surface area (TPSA) is 206 Å². The summed E-state index contributed by atoms with van der Waals surface area (Å²) in [4.78, 5) is 57.2. The van der Waals surface area contributed by atoms with Crippen molar-refractivity contribution in [3.63, 3.8) is 0 Å². The number of aliphatic hydroxyl groups excluding tert-OH is 2. The number of likely N-dealkylation sites (tertiary alicyclic amines) is 2. The Hall–Kier alpha value is -6.25. The van der Waals surface area contributed by atoms with E-state index >= 15 is 4.39 Å². The smallest absolute Gasteiger partial charge is 0.319 e. The van der Waals surface area contributed by atoms with E-state index in [1.807, 2.05) is 33.3 Å². The number of anilines is 1. The van der Waals surface area contributed by atoms with Crippen LogP contribution in [0.1, 0.15) is 144 Å². The summed E-state index contributed by atoms with van der Waals surface area (Å²) in [6.07, 6.45) is 9.99. The predicted octanol–water partition coefficient (Wildman–Crippen LogP) is 11.9. The Kier molecular flexibility index (Phi) is 26.6. The van der Waals surface area contributed by atoms with Gasteiger partial charge in [0, 0.05) is 75.0 Å². The van der Waals surface area contributed by atoms with Gasteiger partial charge in [-0.15, -0.1) is 11.3 Å². The number of aldehydes is 1. The number of thiazole rings is 1. The van der Waals surface area contributed by atoms with Crippen molar-refractivity contribution in [3.8, 4) is 33.5 Å². The Morgan fingerprint density at radius 1 is 0.929 bits per heavy atom. The monoisotopic (exact) mass is 1200 g/mol. The number of rotatable bonds is 17. The van der Waals surface area contributed by atoms with E-state index in [1.54, 1.807) is 29.7 Å². The van der Waals surface area contributed by atoms with Gasteiger partial charge < -0.3 is 45.3 Å². The van der Waals surface area contributed by atoms with Gasteiger partial charge in [-0.25, -0.2) is 13.8 Å². The van der Waals surface area contributed by atoms with Crippen molar-refractivity contribution in [3.05, 3.63) is 88.7 Å². The largest absolute Gasteiger partial charge is 0.508 e. The lowest BCUT2D eigenvalue weighted by Gasteiger charge is -2.33. The Balaban J connectivity index is 0.000000260. The highest BCUT2D eigenvalue weighted by Crippen LogP contribution is 2.40. The predicted molar refractivity (Wildman–Crippen MR) is 339 cm³/mol. The van der Waals surface area contributed by atoms with E-state index in [2.05, 4.69) is 122 Å². The maximum atomic E-state index is 16.7. The number of piperidine rings is 1. The number of aromatic nitrogens is 4. The molecule has 3 aliphatic heterocycles. The molecule has 2 unspecified atom stereocenters. The molecule has 16 nitrogen and oxygen atoms in total. The number of benzene rings is 3. The molecule has 0 spiro atoms. The highest BCUT2D eigenvalue weighted by Gasteiger charge is 2.34. The Morgan fingerprint density at radius 2 is 1.64 bits per heavy atom. The third-order valence-electron chi connectivity index (χ3n) is 16.5. The third kappa shape index (κ3) is 18.9. The fourth-order valence-electron chi connectivity index (χ4n) is 10.5. The van der Waals surface area contributed by atoms with E-state index < -0.39 is 5.82 Å². The molecular weight excluding hydrogens is 1100 g/mol. The van der Waals surface area contributed by atoms with Crippen molar-refractivity contribution in [2.45, 2.75) is 158 Å². The van der Waals surface area contributed by atoms with Gasteiger partial charge in [0.15, 0.2) is 5.82 Å². The molecule has 3 aliphatic rings. The molecule has 85 heavy (non-hydrogen) atoms. The van der Waals surface area contributed by atoms with Gasteiger partial charge in [-0.2, -0.15) is 9.97 Å². The van der Waals surface area contributed by atoms with Crippen molar-refractivity contribution in [1.82, 2.24) is 40.4 Å². The van der Waals surface area contributed by atoms with Crippen molar-refractivity contribution in [1.29, 1.82) is 0 Å². The maximum absolute atomic E-state index is 16.7. The van der Waals surface area contributed by atoms with E-state index in [1.165, 1.54) is 33.0 Å². The summed E-state index contributed by atoms with van der Waals surface area (Å²) < 4.78 is 37.8. The molecule has 6 heterocycles. The number of nitrogens with one attached hydrogen (secondary N) is 2.